The van der Waals surface area contributed by atoms with Crippen LogP contribution in [-0.4, -0.2) is 19.4 Å². The van der Waals surface area contributed by atoms with Crippen LogP contribution >= 0.6 is 12.2 Å². The molecule has 0 aliphatic heterocycles. The van der Waals surface area contributed by atoms with Gasteiger partial charge in [-0.2, -0.15) is 0 Å². The fourth-order valence-corrected chi connectivity index (χ4v) is 3.82. The van der Waals surface area contributed by atoms with Crippen molar-refractivity contribution in [3.63, 3.8) is 0 Å². The summed E-state index contributed by atoms with van der Waals surface area (Å²) in [7, 11) is -3.70. The highest BCUT2D eigenvalue weighted by atomic mass is 32.2. The van der Waals surface area contributed by atoms with E-state index in [1.54, 1.807) is 24.3 Å². The second kappa shape index (κ2) is 8.96. The van der Waals surface area contributed by atoms with Gasteiger partial charge in [-0.3, -0.25) is 9.52 Å². The predicted octanol–water partition coefficient (Wildman–Crippen LogP) is 3.72. The number of benzene rings is 2. The zero-order chi connectivity index (χ0) is 20.0. The minimum absolute atomic E-state index is 0.133. The Morgan fingerprint density at radius 1 is 1.00 bits per heavy atom. The van der Waals surface area contributed by atoms with E-state index in [1.165, 1.54) is 12.1 Å². The minimum atomic E-state index is -3.70. The third kappa shape index (κ3) is 6.33. The largest absolute Gasteiger partial charge is 0.332 e. The first-order valence-electron chi connectivity index (χ1n) is 8.51. The summed E-state index contributed by atoms with van der Waals surface area (Å²) in [5.74, 6) is -0.160. The maximum Gasteiger partial charge on any atom is 0.261 e. The Hall–Kier alpha value is -2.45. The summed E-state index contributed by atoms with van der Waals surface area (Å²) in [4.78, 5) is 11.7. The molecule has 3 N–H and O–H groups in total. The van der Waals surface area contributed by atoms with Crippen LogP contribution in [0.1, 0.15) is 30.9 Å². The number of rotatable bonds is 6. The molecule has 1 amide bonds. The zero-order valence-electron chi connectivity index (χ0n) is 15.5. The van der Waals surface area contributed by atoms with Gasteiger partial charge in [-0.05, 0) is 80.0 Å². The number of carbonyl (C=O) groups excluding carboxylic acids is 1. The van der Waals surface area contributed by atoms with Crippen molar-refractivity contribution in [2.75, 3.05) is 10.0 Å². The molecule has 0 saturated heterocycles. The van der Waals surface area contributed by atoms with Crippen LogP contribution in [0, 0.1) is 13.8 Å². The molecule has 0 unspecified atom stereocenters. The molecule has 0 aliphatic rings. The first kappa shape index (κ1) is 20.9. The molecule has 2 aromatic carbocycles. The van der Waals surface area contributed by atoms with Crippen LogP contribution in [0.15, 0.2) is 47.4 Å². The van der Waals surface area contributed by atoms with Crippen molar-refractivity contribution in [3.8, 4) is 0 Å². The Morgan fingerprint density at radius 3 is 2.15 bits per heavy atom. The Morgan fingerprint density at radius 2 is 1.59 bits per heavy atom. The molecule has 0 saturated carbocycles. The Balaban J connectivity index is 2.07. The number of amides is 1. The van der Waals surface area contributed by atoms with E-state index in [0.29, 0.717) is 17.8 Å². The van der Waals surface area contributed by atoms with Gasteiger partial charge in [0, 0.05) is 17.8 Å². The summed E-state index contributed by atoms with van der Waals surface area (Å²) in [6.45, 7) is 5.72. The number of aryl methyl sites for hydroxylation is 2. The molecule has 0 aliphatic carbocycles. The fourth-order valence-electron chi connectivity index (χ4n) is 2.54. The van der Waals surface area contributed by atoms with Gasteiger partial charge in [-0.15, -0.1) is 0 Å². The normalized spacial score (nSPS) is 10.9. The van der Waals surface area contributed by atoms with Crippen LogP contribution in [-0.2, 0) is 14.8 Å². The van der Waals surface area contributed by atoms with Gasteiger partial charge in [-0.25, -0.2) is 8.42 Å². The molecule has 2 rings (SSSR count). The summed E-state index contributed by atoms with van der Waals surface area (Å²) in [6, 6.07) is 11.7. The van der Waals surface area contributed by atoms with E-state index in [4.69, 9.17) is 12.2 Å². The third-order valence-electron chi connectivity index (χ3n) is 3.63. The molecule has 0 bridgehead atoms. The third-order valence-corrected chi connectivity index (χ3v) is 5.23. The van der Waals surface area contributed by atoms with Crippen molar-refractivity contribution in [2.24, 2.45) is 0 Å². The SMILES string of the molecule is CCCC(=O)NC(=S)Nc1ccc(S(=O)(=O)Nc2cc(C)cc(C)c2)cc1. The van der Waals surface area contributed by atoms with E-state index in [0.717, 1.165) is 17.5 Å². The van der Waals surface area contributed by atoms with Crippen molar-refractivity contribution in [3.05, 3.63) is 53.6 Å². The van der Waals surface area contributed by atoms with Gasteiger partial charge in [0.25, 0.3) is 10.0 Å². The smallest absolute Gasteiger partial charge is 0.261 e. The first-order chi connectivity index (χ1) is 12.7. The van der Waals surface area contributed by atoms with E-state index in [2.05, 4.69) is 15.4 Å². The van der Waals surface area contributed by atoms with Crippen LogP contribution in [0.4, 0.5) is 11.4 Å². The molecular formula is C19H23N3O3S2. The Kier molecular flexibility index (Phi) is 6.92. The average Bonchev–Trinajstić information content (AvgIpc) is 2.53. The Bertz CT molecular complexity index is 919. The van der Waals surface area contributed by atoms with E-state index in [-0.39, 0.29) is 15.9 Å². The van der Waals surface area contributed by atoms with Gasteiger partial charge in [0.1, 0.15) is 0 Å². The molecule has 2 aromatic rings. The first-order valence-corrected chi connectivity index (χ1v) is 10.4. The van der Waals surface area contributed by atoms with E-state index in [1.807, 2.05) is 26.8 Å². The van der Waals surface area contributed by atoms with Crippen molar-refractivity contribution >= 4 is 44.6 Å². The number of hydrogen-bond donors (Lipinski definition) is 3. The van der Waals surface area contributed by atoms with E-state index in [9.17, 15) is 13.2 Å². The second-order valence-electron chi connectivity index (χ2n) is 6.26. The molecule has 0 atom stereocenters. The summed E-state index contributed by atoms with van der Waals surface area (Å²) in [6.07, 6.45) is 1.12. The quantitative estimate of drug-likeness (QED) is 0.638. The van der Waals surface area contributed by atoms with Gasteiger partial charge in [0.05, 0.1) is 4.90 Å². The number of hydrogen-bond acceptors (Lipinski definition) is 4. The van der Waals surface area contributed by atoms with Gasteiger partial charge in [0.2, 0.25) is 5.91 Å². The van der Waals surface area contributed by atoms with Crippen molar-refractivity contribution in [1.82, 2.24) is 5.32 Å². The van der Waals surface area contributed by atoms with Crippen molar-refractivity contribution in [1.29, 1.82) is 0 Å². The predicted molar refractivity (Wildman–Crippen MR) is 112 cm³/mol. The molecule has 144 valence electrons. The average molecular weight is 406 g/mol. The number of thiocarbonyl (C=S) groups is 1. The number of carbonyl (C=O) groups is 1. The minimum Gasteiger partial charge on any atom is -0.332 e. The zero-order valence-corrected chi connectivity index (χ0v) is 17.1. The molecule has 0 aromatic heterocycles. The summed E-state index contributed by atoms with van der Waals surface area (Å²) >= 11 is 5.07. The number of sulfonamides is 1. The lowest BCUT2D eigenvalue weighted by molar-refractivity contribution is -0.119. The van der Waals surface area contributed by atoms with Gasteiger partial charge in [-0.1, -0.05) is 13.0 Å². The Labute approximate surface area is 165 Å². The summed E-state index contributed by atoms with van der Waals surface area (Å²) in [5.41, 5.74) is 3.06. The van der Waals surface area contributed by atoms with Gasteiger partial charge < -0.3 is 10.6 Å². The molecule has 8 heteroatoms. The van der Waals surface area contributed by atoms with Crippen molar-refractivity contribution in [2.45, 2.75) is 38.5 Å². The maximum absolute atomic E-state index is 12.6. The van der Waals surface area contributed by atoms with Gasteiger partial charge >= 0.3 is 0 Å². The van der Waals surface area contributed by atoms with Crippen LogP contribution in [0.5, 0.6) is 0 Å². The molecule has 0 heterocycles. The number of nitrogens with one attached hydrogen (secondary N) is 3. The monoisotopic (exact) mass is 405 g/mol. The summed E-state index contributed by atoms with van der Waals surface area (Å²) < 4.78 is 27.7. The summed E-state index contributed by atoms with van der Waals surface area (Å²) in [5, 5.41) is 5.61. The fraction of sp³-hybridized carbons (Fsp3) is 0.263. The van der Waals surface area contributed by atoms with Crippen molar-refractivity contribution < 1.29 is 13.2 Å². The number of anilines is 2. The van der Waals surface area contributed by atoms with Crippen LogP contribution in [0.2, 0.25) is 0 Å². The standard InChI is InChI=1S/C19H23N3O3S2/c1-4-5-18(23)21-19(26)20-15-6-8-17(9-7-15)27(24,25)22-16-11-13(2)10-14(3)12-16/h6-12,22H,4-5H2,1-3H3,(H2,20,21,23,26). The molecule has 0 radical (unpaired) electrons. The van der Waals surface area contributed by atoms with Gasteiger partial charge in [0.15, 0.2) is 5.11 Å². The van der Waals surface area contributed by atoms with E-state index >= 15 is 0 Å². The lowest BCUT2D eigenvalue weighted by atomic mass is 10.1. The second-order valence-corrected chi connectivity index (χ2v) is 8.35. The van der Waals surface area contributed by atoms with E-state index < -0.39 is 10.0 Å². The molecule has 0 fully saturated rings. The van der Waals surface area contributed by atoms with Crippen LogP contribution in [0.25, 0.3) is 0 Å². The lowest BCUT2D eigenvalue weighted by Gasteiger charge is -2.12. The van der Waals surface area contributed by atoms with Crippen LogP contribution < -0.4 is 15.4 Å². The highest BCUT2D eigenvalue weighted by Gasteiger charge is 2.14. The van der Waals surface area contributed by atoms with Crippen LogP contribution in [0.3, 0.4) is 0 Å². The maximum atomic E-state index is 12.6. The molecule has 27 heavy (non-hydrogen) atoms. The highest BCUT2D eigenvalue weighted by molar-refractivity contribution is 7.92. The molecule has 6 nitrogen and oxygen atoms in total. The lowest BCUT2D eigenvalue weighted by Crippen LogP contribution is -2.33. The molecule has 0 spiro atoms. The topological polar surface area (TPSA) is 87.3 Å². The molecular weight excluding hydrogens is 382 g/mol. The highest BCUT2D eigenvalue weighted by Crippen LogP contribution is 2.20.